The Morgan fingerprint density at radius 1 is 0.909 bits per heavy atom. The number of hydrogen-bond donors (Lipinski definition) is 0. The van der Waals surface area contributed by atoms with E-state index in [0.29, 0.717) is 28.5 Å². The smallest absolute Gasteiger partial charge is 0.317 e. The van der Waals surface area contributed by atoms with Crippen LogP contribution in [0.3, 0.4) is 0 Å². The van der Waals surface area contributed by atoms with Crippen molar-refractivity contribution in [2.24, 2.45) is 0 Å². The molecule has 0 spiro atoms. The van der Waals surface area contributed by atoms with E-state index in [1.54, 1.807) is 38.5 Å². The Kier molecular flexibility index (Phi) is 6.67. The molecule has 1 aromatic heterocycles. The lowest BCUT2D eigenvalue weighted by Crippen LogP contribution is -2.11. The Hall–Kier alpha value is -4.15. The van der Waals surface area contributed by atoms with Gasteiger partial charge in [0.05, 0.1) is 38.0 Å². The standard InChI is InChI=1S/C26H20N2O4S/c1-30-23-12-9-20(13-24(23)31-2)26-28-21(16-33-26)14-25(29)32-22-10-7-19(8-11-22)18-5-3-17(15-27)4-6-18/h3-13,16H,14H2,1-2H3. The highest BCUT2D eigenvalue weighted by Crippen LogP contribution is 2.33. The summed E-state index contributed by atoms with van der Waals surface area (Å²) in [6.45, 7) is 0. The van der Waals surface area contributed by atoms with Crippen molar-refractivity contribution in [3.05, 3.63) is 83.4 Å². The monoisotopic (exact) mass is 456 g/mol. The minimum atomic E-state index is -0.384. The number of nitriles is 1. The lowest BCUT2D eigenvalue weighted by molar-refractivity contribution is -0.133. The van der Waals surface area contributed by atoms with Gasteiger partial charge in [-0.3, -0.25) is 4.79 Å². The molecule has 0 saturated heterocycles. The van der Waals surface area contributed by atoms with Crippen LogP contribution in [0.1, 0.15) is 11.3 Å². The number of methoxy groups -OCH3 is 2. The molecule has 0 aliphatic rings. The summed E-state index contributed by atoms with van der Waals surface area (Å²) in [5.74, 6) is 1.35. The van der Waals surface area contributed by atoms with Gasteiger partial charge in [0.1, 0.15) is 10.8 Å². The number of benzene rings is 3. The minimum Gasteiger partial charge on any atom is -0.493 e. The van der Waals surface area contributed by atoms with Crippen molar-refractivity contribution >= 4 is 17.3 Å². The first-order valence-corrected chi connectivity index (χ1v) is 11.0. The van der Waals surface area contributed by atoms with Crippen molar-refractivity contribution in [3.8, 4) is 45.0 Å². The third-order valence-corrected chi connectivity index (χ3v) is 5.88. The van der Waals surface area contributed by atoms with Crippen LogP contribution in [0, 0.1) is 11.3 Å². The highest BCUT2D eigenvalue weighted by atomic mass is 32.1. The molecule has 0 saturated carbocycles. The van der Waals surface area contributed by atoms with Crippen LogP contribution in [-0.2, 0) is 11.2 Å². The van der Waals surface area contributed by atoms with Crippen molar-refractivity contribution in [2.45, 2.75) is 6.42 Å². The third-order valence-electron chi connectivity index (χ3n) is 4.94. The second-order valence-electron chi connectivity index (χ2n) is 7.08. The number of ether oxygens (including phenoxy) is 3. The van der Waals surface area contributed by atoms with Crippen LogP contribution >= 0.6 is 11.3 Å². The van der Waals surface area contributed by atoms with Gasteiger partial charge in [-0.15, -0.1) is 11.3 Å². The van der Waals surface area contributed by atoms with Crippen LogP contribution in [0.15, 0.2) is 72.1 Å². The van der Waals surface area contributed by atoms with Gasteiger partial charge in [-0.05, 0) is 53.6 Å². The van der Waals surface area contributed by atoms with Crippen molar-refractivity contribution in [3.63, 3.8) is 0 Å². The Morgan fingerprint density at radius 2 is 1.55 bits per heavy atom. The summed E-state index contributed by atoms with van der Waals surface area (Å²) in [5.41, 5.74) is 4.09. The SMILES string of the molecule is COc1ccc(-c2nc(CC(=O)Oc3ccc(-c4ccc(C#N)cc4)cc3)cs2)cc1OC. The normalized spacial score (nSPS) is 10.3. The largest absolute Gasteiger partial charge is 0.493 e. The molecule has 0 bridgehead atoms. The molecular formula is C26H20N2O4S. The van der Waals surface area contributed by atoms with E-state index in [1.807, 2.05) is 47.8 Å². The maximum absolute atomic E-state index is 12.4. The van der Waals surface area contributed by atoms with Gasteiger partial charge < -0.3 is 14.2 Å². The molecule has 0 aliphatic heterocycles. The number of hydrogen-bond acceptors (Lipinski definition) is 7. The average Bonchev–Trinajstić information content (AvgIpc) is 3.32. The second-order valence-corrected chi connectivity index (χ2v) is 7.94. The predicted molar refractivity (Wildman–Crippen MR) is 127 cm³/mol. The first kappa shape index (κ1) is 22.1. The molecule has 0 amide bonds. The van der Waals surface area contributed by atoms with Gasteiger partial charge >= 0.3 is 5.97 Å². The molecule has 6 nitrogen and oxygen atoms in total. The average molecular weight is 457 g/mol. The number of aromatic nitrogens is 1. The van der Waals surface area contributed by atoms with Crippen molar-refractivity contribution < 1.29 is 19.0 Å². The van der Waals surface area contributed by atoms with Crippen molar-refractivity contribution in [1.82, 2.24) is 4.98 Å². The number of rotatable bonds is 7. The van der Waals surface area contributed by atoms with E-state index in [0.717, 1.165) is 21.7 Å². The molecule has 7 heteroatoms. The van der Waals surface area contributed by atoms with Crippen LogP contribution in [0.25, 0.3) is 21.7 Å². The molecule has 0 N–H and O–H groups in total. The van der Waals surface area contributed by atoms with E-state index in [9.17, 15) is 4.79 Å². The summed E-state index contributed by atoms with van der Waals surface area (Å²) < 4.78 is 16.1. The van der Waals surface area contributed by atoms with Crippen LogP contribution in [0.2, 0.25) is 0 Å². The number of thiazole rings is 1. The zero-order valence-corrected chi connectivity index (χ0v) is 18.9. The minimum absolute atomic E-state index is 0.0706. The Balaban J connectivity index is 1.39. The number of esters is 1. The fourth-order valence-corrected chi connectivity index (χ4v) is 4.07. The zero-order chi connectivity index (χ0) is 23.2. The number of carbonyl (C=O) groups is 1. The summed E-state index contributed by atoms with van der Waals surface area (Å²) in [6, 6.07) is 22.3. The molecule has 0 aliphatic carbocycles. The molecule has 4 aromatic rings. The van der Waals surface area contributed by atoms with Crippen molar-refractivity contribution in [2.75, 3.05) is 14.2 Å². The summed E-state index contributed by atoms with van der Waals surface area (Å²) in [4.78, 5) is 17.0. The lowest BCUT2D eigenvalue weighted by Gasteiger charge is -2.08. The molecule has 1 heterocycles. The van der Waals surface area contributed by atoms with Crippen molar-refractivity contribution in [1.29, 1.82) is 5.26 Å². The Bertz CT molecular complexity index is 1310. The molecule has 4 rings (SSSR count). The fraction of sp³-hybridized carbons (Fsp3) is 0.115. The Morgan fingerprint density at radius 3 is 2.18 bits per heavy atom. The van der Waals surface area contributed by atoms with Crippen LogP contribution in [0.4, 0.5) is 0 Å². The van der Waals surface area contributed by atoms with Crippen LogP contribution < -0.4 is 14.2 Å². The quantitative estimate of drug-likeness (QED) is 0.269. The van der Waals surface area contributed by atoms with Crippen LogP contribution in [-0.4, -0.2) is 25.2 Å². The van der Waals surface area contributed by atoms with Gasteiger partial charge in [0.25, 0.3) is 0 Å². The third kappa shape index (κ3) is 5.20. The molecule has 0 radical (unpaired) electrons. The highest BCUT2D eigenvalue weighted by molar-refractivity contribution is 7.13. The number of nitrogens with zero attached hydrogens (tertiary/aromatic N) is 2. The van der Waals surface area contributed by atoms with Crippen LogP contribution in [0.5, 0.6) is 17.2 Å². The maximum atomic E-state index is 12.4. The fourth-order valence-electron chi connectivity index (χ4n) is 3.26. The number of carbonyl (C=O) groups excluding carboxylic acids is 1. The van der Waals surface area contributed by atoms with E-state index in [-0.39, 0.29) is 12.4 Å². The van der Waals surface area contributed by atoms with Gasteiger partial charge in [-0.1, -0.05) is 24.3 Å². The summed E-state index contributed by atoms with van der Waals surface area (Å²) in [5, 5.41) is 11.5. The topological polar surface area (TPSA) is 81.4 Å². The predicted octanol–water partition coefficient (Wildman–Crippen LogP) is 5.51. The molecular weight excluding hydrogens is 436 g/mol. The Labute approximate surface area is 195 Å². The van der Waals surface area contributed by atoms with Gasteiger partial charge in [0.15, 0.2) is 11.5 Å². The summed E-state index contributed by atoms with van der Waals surface area (Å²) in [7, 11) is 3.17. The highest BCUT2D eigenvalue weighted by Gasteiger charge is 2.13. The molecule has 0 unspecified atom stereocenters. The van der Waals surface area contributed by atoms with E-state index in [4.69, 9.17) is 19.5 Å². The first-order chi connectivity index (χ1) is 16.1. The van der Waals surface area contributed by atoms with Gasteiger partial charge in [-0.25, -0.2) is 4.98 Å². The lowest BCUT2D eigenvalue weighted by atomic mass is 10.0. The molecule has 33 heavy (non-hydrogen) atoms. The van der Waals surface area contributed by atoms with Gasteiger partial charge in [0, 0.05) is 10.9 Å². The molecule has 164 valence electrons. The van der Waals surface area contributed by atoms with E-state index >= 15 is 0 Å². The van der Waals surface area contributed by atoms with Gasteiger partial charge in [0.2, 0.25) is 0 Å². The van der Waals surface area contributed by atoms with E-state index in [1.165, 1.54) is 11.3 Å². The molecule has 0 atom stereocenters. The summed E-state index contributed by atoms with van der Waals surface area (Å²) in [6.07, 6.45) is 0.0706. The zero-order valence-electron chi connectivity index (χ0n) is 18.1. The second kappa shape index (κ2) is 9.98. The molecule has 0 fully saturated rings. The summed E-state index contributed by atoms with van der Waals surface area (Å²) >= 11 is 1.45. The van der Waals surface area contributed by atoms with Gasteiger partial charge in [-0.2, -0.15) is 5.26 Å². The van der Waals surface area contributed by atoms with E-state index < -0.39 is 0 Å². The maximum Gasteiger partial charge on any atom is 0.317 e. The van der Waals surface area contributed by atoms with E-state index in [2.05, 4.69) is 11.1 Å². The first-order valence-electron chi connectivity index (χ1n) is 10.1. The molecule has 3 aromatic carbocycles.